The fourth-order valence-corrected chi connectivity index (χ4v) is 3.13. The molecule has 0 aromatic heterocycles. The van der Waals surface area contributed by atoms with Crippen LogP contribution in [0.25, 0.3) is 0 Å². The number of hydrogen-bond donors (Lipinski definition) is 1. The number of fused-ring (bicyclic) bond motifs is 1. The van der Waals surface area contributed by atoms with Gasteiger partial charge in [0.25, 0.3) is 0 Å². The quantitative estimate of drug-likeness (QED) is 0.842. The minimum Gasteiger partial charge on any atom is -0.367 e. The predicted octanol–water partition coefficient (Wildman–Crippen LogP) is 3.62. The van der Waals surface area contributed by atoms with Crippen LogP contribution in [0.3, 0.4) is 0 Å². The summed E-state index contributed by atoms with van der Waals surface area (Å²) in [6, 6.07) is 20.1. The summed E-state index contributed by atoms with van der Waals surface area (Å²) >= 11 is 0. The molecule has 2 nitrogen and oxygen atoms in total. The van der Waals surface area contributed by atoms with Gasteiger partial charge in [0.2, 0.25) is 0 Å². The van der Waals surface area contributed by atoms with Crippen molar-refractivity contribution in [1.82, 2.24) is 5.32 Å². The van der Waals surface area contributed by atoms with Crippen LogP contribution in [-0.4, -0.2) is 19.1 Å². The highest BCUT2D eigenvalue weighted by atomic mass is 15.2. The lowest BCUT2D eigenvalue weighted by atomic mass is 9.97. The van der Waals surface area contributed by atoms with E-state index in [2.05, 4.69) is 71.7 Å². The zero-order chi connectivity index (χ0) is 14.5. The Balaban J connectivity index is 1.55. The molecule has 2 heteroatoms. The van der Waals surface area contributed by atoms with Crippen molar-refractivity contribution >= 4 is 5.69 Å². The van der Waals surface area contributed by atoms with Gasteiger partial charge in [0.05, 0.1) is 0 Å². The molecule has 0 aliphatic carbocycles. The highest BCUT2D eigenvalue weighted by molar-refractivity contribution is 5.56. The molecule has 1 atom stereocenters. The molecule has 0 saturated carbocycles. The van der Waals surface area contributed by atoms with E-state index in [0.29, 0.717) is 6.04 Å². The lowest BCUT2D eigenvalue weighted by Crippen LogP contribution is -2.41. The number of rotatable bonds is 5. The minimum atomic E-state index is 0.637. The van der Waals surface area contributed by atoms with E-state index in [-0.39, 0.29) is 0 Å². The van der Waals surface area contributed by atoms with E-state index in [9.17, 15) is 0 Å². The largest absolute Gasteiger partial charge is 0.367 e. The Morgan fingerprint density at radius 3 is 2.67 bits per heavy atom. The second kappa shape index (κ2) is 6.77. The number of aryl methyl sites for hydroxylation is 1. The SMILES string of the molecule is C[C@@H]1CCc2ccccc2N1CCNCc1ccccc1. The lowest BCUT2D eigenvalue weighted by Gasteiger charge is -2.37. The lowest BCUT2D eigenvalue weighted by molar-refractivity contribution is 0.544. The Labute approximate surface area is 127 Å². The molecule has 1 N–H and O–H groups in total. The number of para-hydroxylation sites is 1. The third-order valence-corrected chi connectivity index (χ3v) is 4.37. The maximum absolute atomic E-state index is 3.56. The first-order valence-corrected chi connectivity index (χ1v) is 7.94. The zero-order valence-electron chi connectivity index (χ0n) is 12.8. The van der Waals surface area contributed by atoms with Gasteiger partial charge in [0.1, 0.15) is 0 Å². The first-order chi connectivity index (χ1) is 10.3. The standard InChI is InChI=1S/C19H24N2/c1-16-11-12-18-9-5-6-10-19(18)21(16)14-13-20-15-17-7-3-2-4-8-17/h2-10,16,20H,11-15H2,1H3/t16-/m1/s1. The van der Waals surface area contributed by atoms with Crippen LogP contribution in [-0.2, 0) is 13.0 Å². The normalized spacial score (nSPS) is 17.6. The van der Waals surface area contributed by atoms with Crippen molar-refractivity contribution in [3.8, 4) is 0 Å². The molecule has 0 saturated heterocycles. The Hall–Kier alpha value is -1.80. The van der Waals surface area contributed by atoms with Gasteiger partial charge in [-0.05, 0) is 37.0 Å². The molecule has 21 heavy (non-hydrogen) atoms. The molecule has 1 heterocycles. The van der Waals surface area contributed by atoms with Gasteiger partial charge in [-0.2, -0.15) is 0 Å². The third-order valence-electron chi connectivity index (χ3n) is 4.37. The molecule has 1 aliphatic rings. The molecule has 2 aromatic carbocycles. The molecule has 1 aliphatic heterocycles. The van der Waals surface area contributed by atoms with Crippen molar-refractivity contribution in [2.45, 2.75) is 32.4 Å². The second-order valence-electron chi connectivity index (χ2n) is 5.87. The van der Waals surface area contributed by atoms with Crippen LogP contribution in [0.2, 0.25) is 0 Å². The number of anilines is 1. The Bertz CT molecular complexity index is 565. The van der Waals surface area contributed by atoms with E-state index in [4.69, 9.17) is 0 Å². The first-order valence-electron chi connectivity index (χ1n) is 7.94. The molecular formula is C19H24N2. The average molecular weight is 280 g/mol. The summed E-state index contributed by atoms with van der Waals surface area (Å²) < 4.78 is 0. The molecule has 0 fully saturated rings. The van der Waals surface area contributed by atoms with Crippen molar-refractivity contribution in [1.29, 1.82) is 0 Å². The Morgan fingerprint density at radius 2 is 1.81 bits per heavy atom. The van der Waals surface area contributed by atoms with Crippen molar-refractivity contribution in [2.75, 3.05) is 18.0 Å². The van der Waals surface area contributed by atoms with E-state index < -0.39 is 0 Å². The minimum absolute atomic E-state index is 0.637. The Morgan fingerprint density at radius 1 is 1.05 bits per heavy atom. The highest BCUT2D eigenvalue weighted by Crippen LogP contribution is 2.29. The van der Waals surface area contributed by atoms with Gasteiger partial charge >= 0.3 is 0 Å². The molecule has 0 radical (unpaired) electrons. The summed E-state index contributed by atoms with van der Waals surface area (Å²) in [4.78, 5) is 2.55. The number of hydrogen-bond acceptors (Lipinski definition) is 2. The molecule has 0 amide bonds. The molecule has 3 rings (SSSR count). The van der Waals surface area contributed by atoms with Crippen LogP contribution in [0.4, 0.5) is 5.69 Å². The van der Waals surface area contributed by atoms with Crippen LogP contribution in [0.1, 0.15) is 24.5 Å². The molecule has 0 spiro atoms. The van der Waals surface area contributed by atoms with Gasteiger partial charge in [-0.15, -0.1) is 0 Å². The van der Waals surface area contributed by atoms with Gasteiger partial charge < -0.3 is 10.2 Å². The maximum atomic E-state index is 3.56. The van der Waals surface area contributed by atoms with Crippen molar-refractivity contribution < 1.29 is 0 Å². The summed E-state index contributed by atoms with van der Waals surface area (Å²) in [5.74, 6) is 0. The monoisotopic (exact) mass is 280 g/mol. The highest BCUT2D eigenvalue weighted by Gasteiger charge is 2.21. The zero-order valence-corrected chi connectivity index (χ0v) is 12.8. The van der Waals surface area contributed by atoms with E-state index in [1.54, 1.807) is 0 Å². The van der Waals surface area contributed by atoms with Gasteiger partial charge in [0, 0.05) is 31.4 Å². The van der Waals surface area contributed by atoms with Crippen molar-refractivity contribution in [2.24, 2.45) is 0 Å². The van der Waals surface area contributed by atoms with Crippen molar-refractivity contribution in [3.05, 3.63) is 65.7 Å². The summed E-state index contributed by atoms with van der Waals surface area (Å²) in [6.07, 6.45) is 2.47. The van der Waals surface area contributed by atoms with Crippen molar-refractivity contribution in [3.63, 3.8) is 0 Å². The fourth-order valence-electron chi connectivity index (χ4n) is 3.13. The average Bonchev–Trinajstić information content (AvgIpc) is 2.54. The van der Waals surface area contributed by atoms with Crippen LogP contribution in [0.15, 0.2) is 54.6 Å². The smallest absolute Gasteiger partial charge is 0.0401 e. The maximum Gasteiger partial charge on any atom is 0.0401 e. The third kappa shape index (κ3) is 3.45. The molecule has 0 unspecified atom stereocenters. The van der Waals surface area contributed by atoms with Gasteiger partial charge in [-0.1, -0.05) is 48.5 Å². The predicted molar refractivity (Wildman–Crippen MR) is 89.7 cm³/mol. The topological polar surface area (TPSA) is 15.3 Å². The second-order valence-corrected chi connectivity index (χ2v) is 5.87. The van der Waals surface area contributed by atoms with E-state index in [0.717, 1.165) is 19.6 Å². The number of nitrogens with one attached hydrogen (secondary N) is 1. The molecule has 2 aromatic rings. The summed E-state index contributed by atoms with van der Waals surface area (Å²) in [5.41, 5.74) is 4.28. The van der Waals surface area contributed by atoms with Gasteiger partial charge in [-0.3, -0.25) is 0 Å². The molecule has 0 bridgehead atoms. The van der Waals surface area contributed by atoms with E-state index in [1.807, 2.05) is 0 Å². The van der Waals surface area contributed by atoms with Gasteiger partial charge in [0.15, 0.2) is 0 Å². The van der Waals surface area contributed by atoms with E-state index in [1.165, 1.54) is 29.7 Å². The number of nitrogens with zero attached hydrogens (tertiary/aromatic N) is 1. The van der Waals surface area contributed by atoms with Crippen LogP contribution < -0.4 is 10.2 Å². The summed E-state index contributed by atoms with van der Waals surface area (Å²) in [6.45, 7) is 5.39. The first kappa shape index (κ1) is 14.2. The fraction of sp³-hybridized carbons (Fsp3) is 0.368. The summed E-state index contributed by atoms with van der Waals surface area (Å²) in [7, 11) is 0. The molecular weight excluding hydrogens is 256 g/mol. The number of benzene rings is 2. The molecule has 110 valence electrons. The van der Waals surface area contributed by atoms with Crippen LogP contribution in [0, 0.1) is 0 Å². The Kier molecular flexibility index (Phi) is 4.56. The van der Waals surface area contributed by atoms with Crippen LogP contribution in [0.5, 0.6) is 0 Å². The summed E-state index contributed by atoms with van der Waals surface area (Å²) in [5, 5.41) is 3.56. The van der Waals surface area contributed by atoms with Gasteiger partial charge in [-0.25, -0.2) is 0 Å². The van der Waals surface area contributed by atoms with E-state index >= 15 is 0 Å². The van der Waals surface area contributed by atoms with Crippen LogP contribution >= 0.6 is 0 Å².